The van der Waals surface area contributed by atoms with Crippen LogP contribution < -0.4 is 0 Å². The van der Waals surface area contributed by atoms with Gasteiger partial charge in [-0.3, -0.25) is 4.68 Å². The predicted molar refractivity (Wildman–Crippen MR) is 54.8 cm³/mol. The number of hydrogen-bond donors (Lipinski definition) is 0. The molecule has 0 aliphatic rings. The number of hydrogen-bond acceptors (Lipinski definition) is 1. The number of nitrogens with zero attached hydrogens (tertiary/aromatic N) is 2. The van der Waals surface area contributed by atoms with Gasteiger partial charge in [0.1, 0.15) is 0 Å². The Morgan fingerprint density at radius 3 is 2.50 bits per heavy atom. The first-order valence-corrected chi connectivity index (χ1v) is 5.16. The Bertz CT molecular complexity index is 276. The fraction of sp³-hybridized carbons (Fsp3) is 0.667. The van der Waals surface area contributed by atoms with Crippen molar-refractivity contribution in [1.29, 1.82) is 0 Å². The third kappa shape index (κ3) is 1.56. The summed E-state index contributed by atoms with van der Waals surface area (Å²) >= 11 is 3.51. The fourth-order valence-corrected chi connectivity index (χ4v) is 1.54. The lowest BCUT2D eigenvalue weighted by Gasteiger charge is -2.21. The molecule has 1 rings (SSSR count). The molecule has 1 aromatic rings. The maximum atomic E-state index is 4.23. The van der Waals surface area contributed by atoms with E-state index in [1.165, 1.54) is 11.3 Å². The lowest BCUT2D eigenvalue weighted by molar-refractivity contribution is 0.599. The van der Waals surface area contributed by atoms with Crippen molar-refractivity contribution in [3.8, 4) is 0 Å². The van der Waals surface area contributed by atoms with E-state index in [0.717, 1.165) is 5.33 Å². The van der Waals surface area contributed by atoms with Gasteiger partial charge in [0, 0.05) is 23.5 Å². The summed E-state index contributed by atoms with van der Waals surface area (Å²) in [6.07, 6.45) is 1.95. The second-order valence-corrected chi connectivity index (χ2v) is 4.35. The van der Waals surface area contributed by atoms with Crippen molar-refractivity contribution in [2.45, 2.75) is 26.2 Å². The van der Waals surface area contributed by atoms with E-state index in [1.807, 2.05) is 17.9 Å². The normalized spacial score (nSPS) is 12.1. The summed E-state index contributed by atoms with van der Waals surface area (Å²) < 4.78 is 1.92. The number of aromatic nitrogens is 2. The van der Waals surface area contributed by atoms with Crippen LogP contribution in [-0.4, -0.2) is 15.1 Å². The molecule has 0 unspecified atom stereocenters. The molecular weight excluding hydrogens is 216 g/mol. The molecule has 0 radical (unpaired) electrons. The molecular formula is C9H15BrN2. The number of halogens is 1. The summed E-state index contributed by atoms with van der Waals surface area (Å²) in [4.78, 5) is 0. The highest BCUT2D eigenvalue weighted by molar-refractivity contribution is 9.09. The van der Waals surface area contributed by atoms with Gasteiger partial charge in [-0.2, -0.15) is 5.10 Å². The van der Waals surface area contributed by atoms with Crippen molar-refractivity contribution < 1.29 is 0 Å². The van der Waals surface area contributed by atoms with Crippen LogP contribution in [0.15, 0.2) is 6.20 Å². The van der Waals surface area contributed by atoms with Crippen molar-refractivity contribution in [3.05, 3.63) is 17.5 Å². The van der Waals surface area contributed by atoms with E-state index in [2.05, 4.69) is 41.8 Å². The molecule has 0 N–H and O–H groups in total. The summed E-state index contributed by atoms with van der Waals surface area (Å²) in [5.41, 5.74) is 2.75. The van der Waals surface area contributed by atoms with Gasteiger partial charge in [-0.05, 0) is 12.5 Å². The lowest BCUT2D eigenvalue weighted by atomic mass is 9.87. The minimum Gasteiger partial charge on any atom is -0.273 e. The zero-order valence-electron chi connectivity index (χ0n) is 8.06. The van der Waals surface area contributed by atoms with Gasteiger partial charge in [0.2, 0.25) is 0 Å². The first-order chi connectivity index (χ1) is 5.49. The minimum absolute atomic E-state index is 0.179. The number of alkyl halides is 1. The summed E-state index contributed by atoms with van der Waals surface area (Å²) in [7, 11) is 1.98. The van der Waals surface area contributed by atoms with Crippen LogP contribution in [0, 0.1) is 6.92 Å². The third-order valence-corrected chi connectivity index (χ3v) is 3.70. The predicted octanol–water partition coefficient (Wildman–Crippen LogP) is 2.40. The van der Waals surface area contributed by atoms with Gasteiger partial charge in [0.05, 0.1) is 6.20 Å². The number of rotatable bonds is 2. The van der Waals surface area contributed by atoms with Crippen LogP contribution in [0.25, 0.3) is 0 Å². The Morgan fingerprint density at radius 2 is 2.17 bits per heavy atom. The highest BCUT2D eigenvalue weighted by Crippen LogP contribution is 2.27. The molecule has 12 heavy (non-hydrogen) atoms. The molecule has 0 saturated carbocycles. The largest absolute Gasteiger partial charge is 0.273 e. The van der Waals surface area contributed by atoms with Gasteiger partial charge in [0.15, 0.2) is 0 Å². The molecule has 0 atom stereocenters. The molecule has 0 aliphatic carbocycles. The molecule has 2 nitrogen and oxygen atoms in total. The molecule has 0 fully saturated rings. The standard InChI is InChI=1S/C9H15BrN2/c1-7-8(5-11-12(7)4)9(2,3)6-10/h5H,6H2,1-4H3. The molecule has 3 heteroatoms. The van der Waals surface area contributed by atoms with Crippen LogP contribution in [0.5, 0.6) is 0 Å². The maximum Gasteiger partial charge on any atom is 0.0530 e. The van der Waals surface area contributed by atoms with Crippen LogP contribution >= 0.6 is 15.9 Å². The average Bonchev–Trinajstić information content (AvgIpc) is 2.33. The second-order valence-electron chi connectivity index (χ2n) is 3.78. The zero-order chi connectivity index (χ0) is 9.35. The average molecular weight is 231 g/mol. The first-order valence-electron chi connectivity index (χ1n) is 4.04. The van der Waals surface area contributed by atoms with Crippen LogP contribution in [0.3, 0.4) is 0 Å². The molecule has 0 aliphatic heterocycles. The van der Waals surface area contributed by atoms with Gasteiger partial charge in [-0.15, -0.1) is 0 Å². The Morgan fingerprint density at radius 1 is 1.58 bits per heavy atom. The first kappa shape index (κ1) is 9.78. The van der Waals surface area contributed by atoms with E-state index in [4.69, 9.17) is 0 Å². The van der Waals surface area contributed by atoms with Gasteiger partial charge in [-0.1, -0.05) is 29.8 Å². The van der Waals surface area contributed by atoms with E-state index in [-0.39, 0.29) is 5.41 Å². The van der Waals surface area contributed by atoms with Crippen molar-refractivity contribution in [1.82, 2.24) is 9.78 Å². The van der Waals surface area contributed by atoms with Crippen molar-refractivity contribution in [2.75, 3.05) is 5.33 Å². The van der Waals surface area contributed by atoms with E-state index in [1.54, 1.807) is 0 Å². The molecule has 0 saturated heterocycles. The topological polar surface area (TPSA) is 17.8 Å². The van der Waals surface area contributed by atoms with Gasteiger partial charge in [-0.25, -0.2) is 0 Å². The Balaban J connectivity index is 3.11. The Labute approximate surface area is 82.1 Å². The van der Waals surface area contributed by atoms with Crippen LogP contribution in [0.2, 0.25) is 0 Å². The van der Waals surface area contributed by atoms with E-state index in [0.29, 0.717) is 0 Å². The second kappa shape index (κ2) is 3.21. The maximum absolute atomic E-state index is 4.23. The van der Waals surface area contributed by atoms with Gasteiger partial charge in [0.25, 0.3) is 0 Å². The van der Waals surface area contributed by atoms with E-state index < -0.39 is 0 Å². The monoisotopic (exact) mass is 230 g/mol. The minimum atomic E-state index is 0.179. The highest BCUT2D eigenvalue weighted by atomic mass is 79.9. The third-order valence-electron chi connectivity index (χ3n) is 2.30. The van der Waals surface area contributed by atoms with Crippen LogP contribution in [0.4, 0.5) is 0 Å². The molecule has 0 aromatic carbocycles. The summed E-state index contributed by atoms with van der Waals surface area (Å²) in [6.45, 7) is 6.53. The Kier molecular flexibility index (Phi) is 2.61. The van der Waals surface area contributed by atoms with E-state index >= 15 is 0 Å². The summed E-state index contributed by atoms with van der Waals surface area (Å²) in [6, 6.07) is 0. The Hall–Kier alpha value is -0.310. The summed E-state index contributed by atoms with van der Waals surface area (Å²) in [5.74, 6) is 0. The van der Waals surface area contributed by atoms with Crippen LogP contribution in [0.1, 0.15) is 25.1 Å². The van der Waals surface area contributed by atoms with Gasteiger partial charge < -0.3 is 0 Å². The molecule has 1 aromatic heterocycles. The zero-order valence-corrected chi connectivity index (χ0v) is 9.64. The highest BCUT2D eigenvalue weighted by Gasteiger charge is 2.23. The fourth-order valence-electron chi connectivity index (χ4n) is 1.24. The molecule has 0 spiro atoms. The van der Waals surface area contributed by atoms with E-state index in [9.17, 15) is 0 Å². The molecule has 68 valence electrons. The summed E-state index contributed by atoms with van der Waals surface area (Å²) in [5, 5.41) is 5.19. The quantitative estimate of drug-likeness (QED) is 0.714. The molecule has 1 heterocycles. The number of aryl methyl sites for hydroxylation is 1. The van der Waals surface area contributed by atoms with Crippen molar-refractivity contribution in [3.63, 3.8) is 0 Å². The SMILES string of the molecule is Cc1c(C(C)(C)CBr)cnn1C. The molecule has 0 amide bonds. The van der Waals surface area contributed by atoms with Gasteiger partial charge >= 0.3 is 0 Å². The smallest absolute Gasteiger partial charge is 0.0530 e. The molecule has 0 bridgehead atoms. The lowest BCUT2D eigenvalue weighted by Crippen LogP contribution is -2.19. The van der Waals surface area contributed by atoms with Crippen molar-refractivity contribution >= 4 is 15.9 Å². The van der Waals surface area contributed by atoms with Crippen LogP contribution in [-0.2, 0) is 12.5 Å². The van der Waals surface area contributed by atoms with Crippen molar-refractivity contribution in [2.24, 2.45) is 7.05 Å².